The van der Waals surface area contributed by atoms with E-state index in [1.165, 1.54) is 14.1 Å². The first-order chi connectivity index (χ1) is 11.3. The first-order valence-electron chi connectivity index (χ1n) is 7.64. The first-order valence-corrected chi connectivity index (χ1v) is 9.13. The highest BCUT2D eigenvalue weighted by Crippen LogP contribution is 2.15. The molecule has 1 aromatic heterocycles. The lowest BCUT2D eigenvalue weighted by Crippen LogP contribution is -2.40. The van der Waals surface area contributed by atoms with E-state index >= 15 is 0 Å². The molecule has 1 heterocycles. The molecule has 7 nitrogen and oxygen atoms in total. The van der Waals surface area contributed by atoms with Gasteiger partial charge in [-0.05, 0) is 30.5 Å². The third kappa shape index (κ3) is 3.76. The van der Waals surface area contributed by atoms with E-state index in [1.54, 1.807) is 12.1 Å². The molecule has 0 saturated carbocycles. The van der Waals surface area contributed by atoms with Crippen LogP contribution in [0.4, 0.5) is 5.69 Å². The van der Waals surface area contributed by atoms with E-state index < -0.39 is 26.2 Å². The largest absolute Gasteiger partial charge is 0.330 e. The van der Waals surface area contributed by atoms with Crippen LogP contribution in [0.1, 0.15) is 25.3 Å². The van der Waals surface area contributed by atoms with E-state index in [0.717, 1.165) is 40.2 Å². The summed E-state index contributed by atoms with van der Waals surface area (Å²) in [7, 11) is -1.44. The van der Waals surface area contributed by atoms with Gasteiger partial charge in [0.1, 0.15) is 0 Å². The van der Waals surface area contributed by atoms with Crippen molar-refractivity contribution in [2.75, 3.05) is 4.72 Å². The molecule has 2 rings (SSSR count). The van der Waals surface area contributed by atoms with E-state index in [2.05, 4.69) is 11.6 Å². The van der Waals surface area contributed by atoms with Crippen LogP contribution in [-0.2, 0) is 30.5 Å². The lowest BCUT2D eigenvalue weighted by molar-refractivity contribution is 0.589. The van der Waals surface area contributed by atoms with E-state index in [0.29, 0.717) is 5.69 Å². The van der Waals surface area contributed by atoms with Gasteiger partial charge in [-0.25, -0.2) is 13.2 Å². The second-order valence-corrected chi connectivity index (χ2v) is 7.31. The predicted octanol–water partition coefficient (Wildman–Crippen LogP) is 1.23. The van der Waals surface area contributed by atoms with Gasteiger partial charge in [0.2, 0.25) is 0 Å². The maximum absolute atomic E-state index is 12.5. The molecule has 0 aliphatic rings. The zero-order chi connectivity index (χ0) is 17.9. The molecule has 0 fully saturated rings. The summed E-state index contributed by atoms with van der Waals surface area (Å²) in [5, 5.41) is 0. The van der Waals surface area contributed by atoms with Crippen molar-refractivity contribution in [3.8, 4) is 0 Å². The average Bonchev–Trinajstić information content (AvgIpc) is 2.55. The third-order valence-corrected chi connectivity index (χ3v) is 5.09. The maximum Gasteiger partial charge on any atom is 0.330 e. The number of sulfonamides is 1. The second-order valence-electron chi connectivity index (χ2n) is 5.66. The van der Waals surface area contributed by atoms with Gasteiger partial charge in [0.05, 0.1) is 0 Å². The quantitative estimate of drug-likeness (QED) is 0.847. The van der Waals surface area contributed by atoms with Crippen LogP contribution in [0.2, 0.25) is 0 Å². The number of unbranched alkanes of at least 4 members (excludes halogenated alkanes) is 1. The Morgan fingerprint density at radius 1 is 1.08 bits per heavy atom. The lowest BCUT2D eigenvalue weighted by atomic mass is 10.1. The van der Waals surface area contributed by atoms with Gasteiger partial charge in [-0.3, -0.25) is 14.1 Å². The fourth-order valence-corrected chi connectivity index (χ4v) is 3.51. The topological polar surface area (TPSA) is 90.2 Å². The molecule has 2 aromatic rings. The van der Waals surface area contributed by atoms with E-state index in [-0.39, 0.29) is 0 Å². The number of aryl methyl sites for hydroxylation is 2. The minimum atomic E-state index is -4.08. The molecule has 0 aliphatic heterocycles. The van der Waals surface area contributed by atoms with Crippen molar-refractivity contribution in [2.45, 2.75) is 31.1 Å². The fraction of sp³-hybridized carbons (Fsp3) is 0.375. The first kappa shape index (κ1) is 18.0. The number of anilines is 1. The molecule has 0 atom stereocenters. The van der Waals surface area contributed by atoms with Crippen LogP contribution < -0.4 is 16.0 Å². The van der Waals surface area contributed by atoms with Crippen LogP contribution in [0.15, 0.2) is 44.9 Å². The molecule has 130 valence electrons. The van der Waals surface area contributed by atoms with Gasteiger partial charge in [-0.2, -0.15) is 0 Å². The Hall–Kier alpha value is -2.35. The van der Waals surface area contributed by atoms with Crippen molar-refractivity contribution < 1.29 is 8.42 Å². The van der Waals surface area contributed by atoms with Crippen molar-refractivity contribution in [1.82, 2.24) is 9.13 Å². The van der Waals surface area contributed by atoms with Gasteiger partial charge in [-0.1, -0.05) is 25.5 Å². The summed E-state index contributed by atoms with van der Waals surface area (Å²) in [6.45, 7) is 2.11. The Balaban J connectivity index is 2.32. The fourth-order valence-electron chi connectivity index (χ4n) is 2.29. The summed E-state index contributed by atoms with van der Waals surface area (Å²) in [6, 6.07) is 7.03. The van der Waals surface area contributed by atoms with Gasteiger partial charge in [0.25, 0.3) is 15.6 Å². The summed E-state index contributed by atoms with van der Waals surface area (Å²) >= 11 is 0. The number of rotatable bonds is 6. The molecule has 24 heavy (non-hydrogen) atoms. The second kappa shape index (κ2) is 7.04. The molecule has 0 aliphatic carbocycles. The molecule has 1 N–H and O–H groups in total. The van der Waals surface area contributed by atoms with Crippen LogP contribution in [0.5, 0.6) is 0 Å². The number of aromatic nitrogens is 2. The Bertz CT molecular complexity index is 941. The smallest absolute Gasteiger partial charge is 0.302 e. The van der Waals surface area contributed by atoms with Gasteiger partial charge in [-0.15, -0.1) is 0 Å². The highest BCUT2D eigenvalue weighted by atomic mass is 32.2. The van der Waals surface area contributed by atoms with Crippen LogP contribution in [-0.4, -0.2) is 17.6 Å². The van der Waals surface area contributed by atoms with E-state index in [1.807, 2.05) is 12.1 Å². The predicted molar refractivity (Wildman–Crippen MR) is 92.8 cm³/mol. The van der Waals surface area contributed by atoms with E-state index in [9.17, 15) is 18.0 Å². The molecule has 1 aromatic carbocycles. The summed E-state index contributed by atoms with van der Waals surface area (Å²) < 4.78 is 29.1. The standard InChI is InChI=1S/C16H21N3O4S/c1-4-5-6-12-7-9-13(10-8-12)17-24(22,23)14-11-18(2)16(21)19(3)15(14)20/h7-11,17H,4-6H2,1-3H3. The molecule has 0 saturated heterocycles. The molecule has 0 amide bonds. The Kier molecular flexibility index (Phi) is 5.28. The number of hydrogen-bond donors (Lipinski definition) is 1. The average molecular weight is 351 g/mol. The summed E-state index contributed by atoms with van der Waals surface area (Å²) in [6.07, 6.45) is 4.12. The summed E-state index contributed by atoms with van der Waals surface area (Å²) in [5.74, 6) is 0. The Morgan fingerprint density at radius 2 is 1.71 bits per heavy atom. The van der Waals surface area contributed by atoms with Crippen molar-refractivity contribution >= 4 is 15.7 Å². The van der Waals surface area contributed by atoms with Gasteiger partial charge in [0, 0.05) is 26.0 Å². The lowest BCUT2D eigenvalue weighted by Gasteiger charge is -2.10. The number of nitrogens with one attached hydrogen (secondary N) is 1. The van der Waals surface area contributed by atoms with Gasteiger partial charge < -0.3 is 4.57 Å². The molecule has 0 unspecified atom stereocenters. The highest BCUT2D eigenvalue weighted by Gasteiger charge is 2.21. The zero-order valence-corrected chi connectivity index (χ0v) is 14.8. The van der Waals surface area contributed by atoms with Crippen molar-refractivity contribution in [3.05, 3.63) is 56.9 Å². The zero-order valence-electron chi connectivity index (χ0n) is 13.9. The van der Waals surface area contributed by atoms with Crippen molar-refractivity contribution in [1.29, 1.82) is 0 Å². The highest BCUT2D eigenvalue weighted by molar-refractivity contribution is 7.92. The molecular weight excluding hydrogens is 330 g/mol. The van der Waals surface area contributed by atoms with E-state index in [4.69, 9.17) is 0 Å². The van der Waals surface area contributed by atoms with Gasteiger partial charge in [0.15, 0.2) is 4.90 Å². The molecule has 0 radical (unpaired) electrons. The number of benzene rings is 1. The minimum Gasteiger partial charge on any atom is -0.302 e. The molecular formula is C16H21N3O4S. The Labute approximate surface area is 140 Å². The van der Waals surface area contributed by atoms with Crippen LogP contribution >= 0.6 is 0 Å². The third-order valence-electron chi connectivity index (χ3n) is 3.73. The van der Waals surface area contributed by atoms with Crippen molar-refractivity contribution in [3.63, 3.8) is 0 Å². The number of hydrogen-bond acceptors (Lipinski definition) is 4. The molecule has 8 heteroatoms. The summed E-state index contributed by atoms with van der Waals surface area (Å²) in [4.78, 5) is 23.3. The van der Waals surface area contributed by atoms with Gasteiger partial charge >= 0.3 is 5.69 Å². The molecule has 0 spiro atoms. The SMILES string of the molecule is CCCCc1ccc(NS(=O)(=O)c2cn(C)c(=O)n(C)c2=O)cc1. The molecule has 0 bridgehead atoms. The minimum absolute atomic E-state index is 0.367. The summed E-state index contributed by atoms with van der Waals surface area (Å²) in [5.41, 5.74) is 0.0494. The van der Waals surface area contributed by atoms with Crippen LogP contribution in [0.3, 0.4) is 0 Å². The van der Waals surface area contributed by atoms with Crippen LogP contribution in [0, 0.1) is 0 Å². The number of nitrogens with zero attached hydrogens (tertiary/aromatic N) is 2. The monoisotopic (exact) mass is 351 g/mol. The van der Waals surface area contributed by atoms with Crippen LogP contribution in [0.25, 0.3) is 0 Å². The maximum atomic E-state index is 12.5. The Morgan fingerprint density at radius 3 is 2.29 bits per heavy atom. The normalized spacial score (nSPS) is 11.5. The van der Waals surface area contributed by atoms with Crippen molar-refractivity contribution in [2.24, 2.45) is 14.1 Å².